The molecule has 0 radical (unpaired) electrons. The van der Waals surface area contributed by atoms with Crippen molar-refractivity contribution in [1.29, 1.82) is 0 Å². The zero-order valence-corrected chi connectivity index (χ0v) is 9.98. The monoisotopic (exact) mass is 232 g/mol. The highest BCUT2D eigenvalue weighted by Gasteiger charge is 2.34. The summed E-state index contributed by atoms with van der Waals surface area (Å²) in [5.41, 5.74) is 1.74. The minimum Gasteiger partial charge on any atom is -0.211 e. The van der Waals surface area contributed by atoms with Crippen LogP contribution in [0.25, 0.3) is 0 Å². The molecule has 14 heavy (non-hydrogen) atoms. The van der Waals surface area contributed by atoms with Crippen molar-refractivity contribution in [2.24, 2.45) is 0 Å². The van der Waals surface area contributed by atoms with Gasteiger partial charge in [0, 0.05) is 10.7 Å². The van der Waals surface area contributed by atoms with Crippen LogP contribution in [0, 0.1) is 6.92 Å². The molecule has 0 aromatic heterocycles. The molecule has 0 bridgehead atoms. The molecule has 0 saturated heterocycles. The van der Waals surface area contributed by atoms with Crippen molar-refractivity contribution in [3.63, 3.8) is 0 Å². The summed E-state index contributed by atoms with van der Waals surface area (Å²) in [5, 5.41) is 0. The lowest BCUT2D eigenvalue weighted by Crippen LogP contribution is -2.24. The molecular weight excluding hydrogens is 220 g/mol. The first-order valence-electron chi connectivity index (χ1n) is 4.26. The van der Waals surface area contributed by atoms with Crippen molar-refractivity contribution in [1.82, 2.24) is 0 Å². The van der Waals surface area contributed by atoms with Crippen molar-refractivity contribution in [2.45, 2.75) is 25.5 Å². The Kier molecular flexibility index (Phi) is 2.93. The number of halogens is 1. The Morgan fingerprint density at radius 1 is 1.29 bits per heavy atom. The van der Waals surface area contributed by atoms with Gasteiger partial charge in [-0.1, -0.05) is 29.8 Å². The van der Waals surface area contributed by atoms with Crippen molar-refractivity contribution >= 4 is 19.7 Å². The maximum absolute atomic E-state index is 11.3. The molecule has 78 valence electrons. The minimum absolute atomic E-state index is 0.715. The number of aryl methyl sites for hydroxylation is 1. The number of hydrogen-bond donors (Lipinski definition) is 0. The molecule has 0 amide bonds. The first-order valence-corrected chi connectivity index (χ1v) is 6.57. The van der Waals surface area contributed by atoms with Crippen LogP contribution in [0.5, 0.6) is 0 Å². The Balaban J connectivity index is 3.31. The van der Waals surface area contributed by atoms with E-state index < -0.39 is 13.8 Å². The van der Waals surface area contributed by atoms with Crippen LogP contribution in [-0.4, -0.2) is 8.42 Å². The third-order valence-electron chi connectivity index (χ3n) is 2.32. The maximum atomic E-state index is 11.3. The molecule has 0 heterocycles. The van der Waals surface area contributed by atoms with Gasteiger partial charge in [0.1, 0.15) is 4.75 Å². The molecule has 4 heteroatoms. The summed E-state index contributed by atoms with van der Waals surface area (Å²) >= 11 is 0. The van der Waals surface area contributed by atoms with Gasteiger partial charge in [0.25, 0.3) is 0 Å². The molecule has 0 atom stereocenters. The molecule has 0 N–H and O–H groups in total. The molecule has 2 nitrogen and oxygen atoms in total. The molecule has 0 fully saturated rings. The van der Waals surface area contributed by atoms with Gasteiger partial charge in [-0.25, -0.2) is 8.42 Å². The predicted molar refractivity (Wildman–Crippen MR) is 59.0 cm³/mol. The summed E-state index contributed by atoms with van der Waals surface area (Å²) in [5.74, 6) is 0. The Hall–Kier alpha value is -0.540. The van der Waals surface area contributed by atoms with E-state index in [0.717, 1.165) is 5.56 Å². The molecule has 0 spiro atoms. The lowest BCUT2D eigenvalue weighted by molar-refractivity contribution is 0.570. The summed E-state index contributed by atoms with van der Waals surface area (Å²) < 4.78 is 21.6. The van der Waals surface area contributed by atoms with E-state index in [9.17, 15) is 8.42 Å². The molecule has 0 aliphatic heterocycles. The second-order valence-electron chi connectivity index (χ2n) is 3.82. The Morgan fingerprint density at radius 3 is 2.29 bits per heavy atom. The summed E-state index contributed by atoms with van der Waals surface area (Å²) in [6.07, 6.45) is 0. The highest BCUT2D eigenvalue weighted by atomic mass is 35.7. The fourth-order valence-corrected chi connectivity index (χ4v) is 1.84. The first kappa shape index (κ1) is 11.5. The van der Waals surface area contributed by atoms with Crippen LogP contribution < -0.4 is 0 Å². The maximum Gasteiger partial charge on any atom is 0.241 e. The highest BCUT2D eigenvalue weighted by Crippen LogP contribution is 2.32. The number of benzene rings is 1. The quantitative estimate of drug-likeness (QED) is 0.735. The Morgan fingerprint density at radius 2 is 1.86 bits per heavy atom. The highest BCUT2D eigenvalue weighted by molar-refractivity contribution is 8.14. The van der Waals surface area contributed by atoms with E-state index >= 15 is 0 Å². The predicted octanol–water partition coefficient (Wildman–Crippen LogP) is 2.80. The summed E-state index contributed by atoms with van der Waals surface area (Å²) in [4.78, 5) is 0. The van der Waals surface area contributed by atoms with E-state index in [1.807, 2.05) is 25.1 Å². The normalized spacial score (nSPS) is 12.9. The molecular formula is C10H13ClO2S. The average molecular weight is 233 g/mol. The largest absolute Gasteiger partial charge is 0.241 e. The molecule has 0 saturated carbocycles. The summed E-state index contributed by atoms with van der Waals surface area (Å²) in [6, 6.07) is 7.35. The SMILES string of the molecule is Cc1cccc(C(C)(C)S(=O)(=O)Cl)c1. The average Bonchev–Trinajstić information content (AvgIpc) is 2.02. The van der Waals surface area contributed by atoms with Crippen molar-refractivity contribution < 1.29 is 8.42 Å². The van der Waals surface area contributed by atoms with Crippen molar-refractivity contribution in [2.75, 3.05) is 0 Å². The van der Waals surface area contributed by atoms with Gasteiger partial charge in [0.05, 0.1) is 0 Å². The van der Waals surface area contributed by atoms with Gasteiger partial charge in [0.2, 0.25) is 9.05 Å². The molecule has 1 rings (SSSR count). The van der Waals surface area contributed by atoms with Gasteiger partial charge in [-0.3, -0.25) is 0 Å². The van der Waals surface area contributed by atoms with Crippen LogP contribution in [0.1, 0.15) is 25.0 Å². The van der Waals surface area contributed by atoms with Gasteiger partial charge in [0.15, 0.2) is 0 Å². The van der Waals surface area contributed by atoms with Crippen LogP contribution in [0.4, 0.5) is 0 Å². The topological polar surface area (TPSA) is 34.1 Å². The lowest BCUT2D eigenvalue weighted by atomic mass is 10.0. The molecule has 1 aromatic carbocycles. The van der Waals surface area contributed by atoms with E-state index in [1.54, 1.807) is 19.9 Å². The molecule has 0 aliphatic rings. The lowest BCUT2D eigenvalue weighted by Gasteiger charge is -2.21. The van der Waals surface area contributed by atoms with Crippen molar-refractivity contribution in [3.05, 3.63) is 35.4 Å². The molecule has 1 aromatic rings. The van der Waals surface area contributed by atoms with Crippen LogP contribution in [0.3, 0.4) is 0 Å². The van der Waals surface area contributed by atoms with E-state index in [0.29, 0.717) is 5.56 Å². The number of hydrogen-bond acceptors (Lipinski definition) is 2. The third-order valence-corrected chi connectivity index (χ3v) is 4.93. The fraction of sp³-hybridized carbons (Fsp3) is 0.400. The third kappa shape index (κ3) is 2.10. The second-order valence-corrected chi connectivity index (χ2v) is 6.93. The van der Waals surface area contributed by atoms with Gasteiger partial charge in [-0.15, -0.1) is 0 Å². The smallest absolute Gasteiger partial charge is 0.211 e. The Bertz CT molecular complexity index is 435. The number of rotatable bonds is 2. The van der Waals surface area contributed by atoms with Crippen LogP contribution in [0.2, 0.25) is 0 Å². The zero-order valence-electron chi connectivity index (χ0n) is 8.41. The van der Waals surface area contributed by atoms with Crippen molar-refractivity contribution in [3.8, 4) is 0 Å². The zero-order chi connectivity index (χ0) is 11.0. The fourth-order valence-electron chi connectivity index (χ4n) is 1.16. The van der Waals surface area contributed by atoms with Crippen LogP contribution in [-0.2, 0) is 13.8 Å². The van der Waals surface area contributed by atoms with E-state index in [2.05, 4.69) is 0 Å². The van der Waals surface area contributed by atoms with E-state index in [4.69, 9.17) is 10.7 Å². The van der Waals surface area contributed by atoms with Gasteiger partial charge in [-0.2, -0.15) is 0 Å². The van der Waals surface area contributed by atoms with Gasteiger partial charge >= 0.3 is 0 Å². The molecule has 0 unspecified atom stereocenters. The van der Waals surface area contributed by atoms with Crippen LogP contribution >= 0.6 is 10.7 Å². The van der Waals surface area contributed by atoms with Crippen LogP contribution in [0.15, 0.2) is 24.3 Å². The minimum atomic E-state index is -3.60. The second kappa shape index (κ2) is 3.55. The van der Waals surface area contributed by atoms with Gasteiger partial charge in [-0.05, 0) is 26.3 Å². The van der Waals surface area contributed by atoms with Gasteiger partial charge < -0.3 is 0 Å². The van der Waals surface area contributed by atoms with E-state index in [-0.39, 0.29) is 0 Å². The summed E-state index contributed by atoms with van der Waals surface area (Å²) in [6.45, 7) is 5.12. The molecule has 0 aliphatic carbocycles. The first-order chi connectivity index (χ1) is 6.25. The Labute approximate surface area is 89.3 Å². The summed E-state index contributed by atoms with van der Waals surface area (Å²) in [7, 11) is 1.78. The standard InChI is InChI=1S/C10H13ClO2S/c1-8-5-4-6-9(7-8)10(2,3)14(11,12)13/h4-7H,1-3H3. The van der Waals surface area contributed by atoms with E-state index in [1.165, 1.54) is 0 Å².